The van der Waals surface area contributed by atoms with E-state index in [-0.39, 0.29) is 18.5 Å². The fourth-order valence-electron chi connectivity index (χ4n) is 2.79. The van der Waals surface area contributed by atoms with Crippen molar-refractivity contribution < 1.29 is 17.9 Å². The molecule has 1 aromatic heterocycles. The van der Waals surface area contributed by atoms with E-state index in [1.807, 2.05) is 18.7 Å². The number of piperazine rings is 1. The molecule has 0 bridgehead atoms. The lowest BCUT2D eigenvalue weighted by Crippen LogP contribution is -2.54. The van der Waals surface area contributed by atoms with E-state index in [0.29, 0.717) is 50.2 Å². The number of hydrogen-bond donors (Lipinski definition) is 1. The highest BCUT2D eigenvalue weighted by Crippen LogP contribution is 2.11. The molecule has 1 N–H and O–H groups in total. The number of pyridine rings is 1. The summed E-state index contributed by atoms with van der Waals surface area (Å²) in [5, 5.41) is 3.79. The van der Waals surface area contributed by atoms with Crippen LogP contribution in [0.2, 0.25) is 5.02 Å². The second-order valence-electron chi connectivity index (χ2n) is 6.76. The van der Waals surface area contributed by atoms with E-state index in [1.54, 1.807) is 19.2 Å². The first-order valence-electron chi connectivity index (χ1n) is 9.61. The van der Waals surface area contributed by atoms with E-state index in [9.17, 15) is 8.42 Å². The Bertz CT molecular complexity index is 750. The third kappa shape index (κ3) is 7.96. The maximum absolute atomic E-state index is 12.4. The molecule has 1 aliphatic heterocycles. The Morgan fingerprint density at radius 3 is 2.59 bits per heavy atom. The molecule has 0 aromatic carbocycles. The number of rotatable bonds is 9. The van der Waals surface area contributed by atoms with Crippen molar-refractivity contribution in [2.75, 3.05) is 58.7 Å². The Kier molecular flexibility index (Phi) is 9.41. The molecule has 0 spiro atoms. The van der Waals surface area contributed by atoms with Gasteiger partial charge in [-0.2, -0.15) is 4.31 Å². The van der Waals surface area contributed by atoms with Gasteiger partial charge in [-0.1, -0.05) is 11.6 Å². The molecule has 0 saturated carbocycles. The molecule has 164 valence electrons. The quantitative estimate of drug-likeness (QED) is 0.343. The zero-order chi connectivity index (χ0) is 21.3. The highest BCUT2D eigenvalue weighted by Gasteiger charge is 2.27. The summed E-state index contributed by atoms with van der Waals surface area (Å²) in [7, 11) is -1.60. The molecule has 0 radical (unpaired) electrons. The Hall–Kier alpha value is -1.62. The summed E-state index contributed by atoms with van der Waals surface area (Å²) in [6.45, 7) is 6.95. The maximum atomic E-state index is 12.4. The number of aliphatic imine (C=N–C) groups is 1. The zero-order valence-electron chi connectivity index (χ0n) is 17.2. The number of hydrogen-bond acceptors (Lipinski definition) is 6. The molecule has 29 heavy (non-hydrogen) atoms. The average Bonchev–Trinajstić information content (AvgIpc) is 2.69. The average molecular weight is 448 g/mol. The molecule has 0 aliphatic carbocycles. The van der Waals surface area contributed by atoms with Crippen LogP contribution >= 0.6 is 11.6 Å². The lowest BCUT2D eigenvalue weighted by atomic mass is 10.4. The predicted molar refractivity (Wildman–Crippen MR) is 114 cm³/mol. The smallest absolute Gasteiger partial charge is 0.216 e. The zero-order valence-corrected chi connectivity index (χ0v) is 18.7. The summed E-state index contributed by atoms with van der Waals surface area (Å²) < 4.78 is 37.3. The van der Waals surface area contributed by atoms with Crippen LogP contribution in [0.1, 0.15) is 13.8 Å². The molecule has 1 fully saturated rings. The number of guanidine groups is 1. The van der Waals surface area contributed by atoms with Gasteiger partial charge in [-0.25, -0.2) is 13.4 Å². The van der Waals surface area contributed by atoms with Gasteiger partial charge in [0.05, 0.1) is 30.0 Å². The SMILES string of the molecule is CN=C(NCCOc1ccc(Cl)cn1)N1CCN(S(=O)(=O)CCOC(C)C)CC1. The van der Waals surface area contributed by atoms with E-state index in [1.165, 1.54) is 10.5 Å². The van der Waals surface area contributed by atoms with Crippen molar-refractivity contribution >= 4 is 27.6 Å². The highest BCUT2D eigenvalue weighted by molar-refractivity contribution is 7.89. The minimum Gasteiger partial charge on any atom is -0.476 e. The Balaban J connectivity index is 1.73. The van der Waals surface area contributed by atoms with Gasteiger partial charge >= 0.3 is 0 Å². The number of halogens is 1. The van der Waals surface area contributed by atoms with Crippen LogP contribution in [-0.4, -0.2) is 93.4 Å². The van der Waals surface area contributed by atoms with E-state index in [0.717, 1.165) is 5.96 Å². The number of nitrogens with zero attached hydrogens (tertiary/aromatic N) is 4. The van der Waals surface area contributed by atoms with Crippen LogP contribution in [0, 0.1) is 0 Å². The normalized spacial score (nSPS) is 16.3. The lowest BCUT2D eigenvalue weighted by molar-refractivity contribution is 0.0904. The number of sulfonamides is 1. The number of ether oxygens (including phenoxy) is 2. The van der Waals surface area contributed by atoms with Crippen LogP contribution in [0.25, 0.3) is 0 Å². The van der Waals surface area contributed by atoms with Gasteiger partial charge in [-0.05, 0) is 19.9 Å². The molecule has 0 atom stereocenters. The first kappa shape index (κ1) is 23.7. The van der Waals surface area contributed by atoms with Crippen molar-refractivity contribution in [3.8, 4) is 5.88 Å². The highest BCUT2D eigenvalue weighted by atomic mass is 35.5. The minimum absolute atomic E-state index is 0.00816. The van der Waals surface area contributed by atoms with Gasteiger partial charge < -0.3 is 19.7 Å². The fraction of sp³-hybridized carbons (Fsp3) is 0.667. The van der Waals surface area contributed by atoms with E-state index in [4.69, 9.17) is 21.1 Å². The minimum atomic E-state index is -3.30. The molecule has 2 heterocycles. The first-order chi connectivity index (χ1) is 13.8. The predicted octanol–water partition coefficient (Wildman–Crippen LogP) is 1.06. The molecule has 1 saturated heterocycles. The van der Waals surface area contributed by atoms with Crippen LogP contribution in [0.4, 0.5) is 0 Å². The summed E-state index contributed by atoms with van der Waals surface area (Å²) in [5.41, 5.74) is 0. The van der Waals surface area contributed by atoms with Gasteiger partial charge in [0.15, 0.2) is 5.96 Å². The molecule has 1 aromatic rings. The molecule has 2 rings (SSSR count). The molecule has 1 aliphatic rings. The molecular formula is C18H30ClN5O4S. The third-order valence-corrected chi connectivity index (χ3v) is 6.33. The van der Waals surface area contributed by atoms with Gasteiger partial charge in [-0.15, -0.1) is 0 Å². The van der Waals surface area contributed by atoms with E-state index < -0.39 is 10.0 Å². The molecule has 11 heteroatoms. The monoisotopic (exact) mass is 447 g/mol. The van der Waals surface area contributed by atoms with Crippen molar-refractivity contribution in [3.63, 3.8) is 0 Å². The van der Waals surface area contributed by atoms with Gasteiger partial charge in [0.25, 0.3) is 0 Å². The number of nitrogens with one attached hydrogen (secondary N) is 1. The summed E-state index contributed by atoms with van der Waals surface area (Å²) in [6.07, 6.45) is 1.56. The summed E-state index contributed by atoms with van der Waals surface area (Å²) in [4.78, 5) is 10.4. The van der Waals surface area contributed by atoms with Gasteiger partial charge in [0.2, 0.25) is 15.9 Å². The maximum Gasteiger partial charge on any atom is 0.216 e. The Morgan fingerprint density at radius 2 is 2.00 bits per heavy atom. The fourth-order valence-corrected chi connectivity index (χ4v) is 4.19. The molecule has 0 amide bonds. The Morgan fingerprint density at radius 1 is 1.28 bits per heavy atom. The van der Waals surface area contributed by atoms with E-state index >= 15 is 0 Å². The largest absolute Gasteiger partial charge is 0.476 e. The van der Waals surface area contributed by atoms with Crippen LogP contribution in [0.15, 0.2) is 23.3 Å². The van der Waals surface area contributed by atoms with E-state index in [2.05, 4.69) is 15.3 Å². The van der Waals surface area contributed by atoms with Crippen LogP contribution in [-0.2, 0) is 14.8 Å². The molecular weight excluding hydrogens is 418 g/mol. The van der Waals surface area contributed by atoms with Crippen molar-refractivity contribution in [1.29, 1.82) is 0 Å². The van der Waals surface area contributed by atoms with Crippen LogP contribution < -0.4 is 10.1 Å². The third-order valence-electron chi connectivity index (χ3n) is 4.27. The van der Waals surface area contributed by atoms with Crippen molar-refractivity contribution in [2.45, 2.75) is 20.0 Å². The van der Waals surface area contributed by atoms with Crippen LogP contribution in [0.3, 0.4) is 0 Å². The molecule has 0 unspecified atom stereocenters. The Labute approximate surface area is 178 Å². The second-order valence-corrected chi connectivity index (χ2v) is 9.28. The number of aromatic nitrogens is 1. The topological polar surface area (TPSA) is 96.4 Å². The summed E-state index contributed by atoms with van der Waals surface area (Å²) in [6, 6.07) is 3.43. The van der Waals surface area contributed by atoms with Crippen molar-refractivity contribution in [1.82, 2.24) is 19.5 Å². The molecule has 9 nitrogen and oxygen atoms in total. The van der Waals surface area contributed by atoms with Crippen molar-refractivity contribution in [2.24, 2.45) is 4.99 Å². The van der Waals surface area contributed by atoms with Crippen molar-refractivity contribution in [3.05, 3.63) is 23.4 Å². The lowest BCUT2D eigenvalue weighted by Gasteiger charge is -2.35. The first-order valence-corrected chi connectivity index (χ1v) is 11.6. The second kappa shape index (κ2) is 11.5. The summed E-state index contributed by atoms with van der Waals surface area (Å²) >= 11 is 5.80. The van der Waals surface area contributed by atoms with Gasteiger partial charge in [0.1, 0.15) is 6.61 Å². The summed E-state index contributed by atoms with van der Waals surface area (Å²) in [5.74, 6) is 1.23. The van der Waals surface area contributed by atoms with Crippen LogP contribution in [0.5, 0.6) is 5.88 Å². The van der Waals surface area contributed by atoms with Gasteiger partial charge in [-0.3, -0.25) is 4.99 Å². The van der Waals surface area contributed by atoms with Gasteiger partial charge in [0, 0.05) is 45.5 Å². The standard InChI is InChI=1S/C18H30ClN5O4S/c1-15(2)27-12-13-29(25,26)24-9-7-23(8-10-24)18(20-3)21-6-11-28-17-5-4-16(19)14-22-17/h4-5,14-15H,6-13H2,1-3H3,(H,20,21).